The van der Waals surface area contributed by atoms with Crippen molar-refractivity contribution in [3.8, 4) is 22.2 Å². The first kappa shape index (κ1) is 16.9. The minimum absolute atomic E-state index is 0.180. The van der Waals surface area contributed by atoms with Gasteiger partial charge in [-0.05, 0) is 30.5 Å². The lowest BCUT2D eigenvalue weighted by atomic mass is 10.1. The number of thioether (sulfide) groups is 1. The lowest BCUT2D eigenvalue weighted by molar-refractivity contribution is 0.422. The van der Waals surface area contributed by atoms with E-state index in [0.717, 1.165) is 21.4 Å². The van der Waals surface area contributed by atoms with Crippen molar-refractivity contribution in [2.75, 3.05) is 0 Å². The molecular formula is C17H14FN5OS2. The Hall–Kier alpha value is -2.52. The van der Waals surface area contributed by atoms with Crippen LogP contribution in [-0.2, 0) is 12.8 Å². The molecule has 26 heavy (non-hydrogen) atoms. The summed E-state index contributed by atoms with van der Waals surface area (Å²) in [4.78, 5) is 5.35. The zero-order chi connectivity index (χ0) is 18.1. The molecule has 0 saturated heterocycles. The molecule has 0 bridgehead atoms. The smallest absolute Gasteiger partial charge is 0.260 e. The van der Waals surface area contributed by atoms with Crippen LogP contribution in [0.3, 0.4) is 0 Å². The quantitative estimate of drug-likeness (QED) is 0.475. The van der Waals surface area contributed by atoms with Crippen molar-refractivity contribution in [3.63, 3.8) is 0 Å². The second-order valence-corrected chi connectivity index (χ2v) is 7.52. The molecule has 0 unspecified atom stereocenters. The summed E-state index contributed by atoms with van der Waals surface area (Å²) in [6, 6.07) is 8.77. The molecule has 0 aliphatic heterocycles. The molecule has 0 aliphatic carbocycles. The molecule has 9 heteroatoms. The first-order valence-electron chi connectivity index (χ1n) is 7.77. The van der Waals surface area contributed by atoms with Gasteiger partial charge in [-0.3, -0.25) is 0 Å². The molecule has 0 aliphatic rings. The molecule has 3 heterocycles. The number of hydrogen-bond acceptors (Lipinski definition) is 7. The van der Waals surface area contributed by atoms with Gasteiger partial charge in [0.05, 0.1) is 16.2 Å². The molecule has 4 aromatic rings. The van der Waals surface area contributed by atoms with Crippen LogP contribution in [0.1, 0.15) is 11.4 Å². The van der Waals surface area contributed by atoms with Crippen molar-refractivity contribution in [1.29, 1.82) is 0 Å². The Morgan fingerprint density at radius 3 is 2.96 bits per heavy atom. The summed E-state index contributed by atoms with van der Waals surface area (Å²) in [5, 5.41) is 15.1. The van der Waals surface area contributed by atoms with E-state index in [2.05, 4.69) is 20.3 Å². The third-order valence-corrected chi connectivity index (χ3v) is 5.61. The minimum atomic E-state index is -0.382. The van der Waals surface area contributed by atoms with Crippen LogP contribution >= 0.6 is 23.1 Å². The fourth-order valence-corrected chi connectivity index (χ4v) is 3.91. The molecule has 0 N–H and O–H groups in total. The van der Waals surface area contributed by atoms with Crippen molar-refractivity contribution >= 4 is 23.1 Å². The molecule has 4 rings (SSSR count). The number of hydrogen-bond donors (Lipinski definition) is 0. The van der Waals surface area contributed by atoms with Gasteiger partial charge in [0.2, 0.25) is 0 Å². The van der Waals surface area contributed by atoms with E-state index in [9.17, 15) is 4.39 Å². The molecule has 6 nitrogen and oxygen atoms in total. The summed E-state index contributed by atoms with van der Waals surface area (Å²) in [6.45, 7) is 1.88. The van der Waals surface area contributed by atoms with Crippen molar-refractivity contribution in [2.45, 2.75) is 17.8 Å². The Morgan fingerprint density at radius 1 is 1.27 bits per heavy atom. The van der Waals surface area contributed by atoms with Crippen molar-refractivity contribution in [2.24, 2.45) is 7.05 Å². The van der Waals surface area contributed by atoms with E-state index in [4.69, 9.17) is 4.52 Å². The number of nitrogens with zero attached hydrogens (tertiary/aromatic N) is 5. The average Bonchev–Trinajstić information content (AvgIpc) is 3.36. The molecule has 0 fully saturated rings. The number of aryl methyl sites for hydroxylation is 1. The van der Waals surface area contributed by atoms with Crippen LogP contribution in [0.2, 0.25) is 0 Å². The number of benzene rings is 1. The van der Waals surface area contributed by atoms with Crippen LogP contribution in [0, 0.1) is 12.7 Å². The topological polar surface area (TPSA) is 69.6 Å². The Labute approximate surface area is 157 Å². The van der Waals surface area contributed by atoms with Crippen LogP contribution in [0.5, 0.6) is 0 Å². The zero-order valence-electron chi connectivity index (χ0n) is 14.0. The van der Waals surface area contributed by atoms with E-state index in [1.165, 1.54) is 17.8 Å². The molecule has 1 aromatic carbocycles. The average molecular weight is 387 g/mol. The summed E-state index contributed by atoms with van der Waals surface area (Å²) in [7, 11) is 1.92. The van der Waals surface area contributed by atoms with Gasteiger partial charge in [0.25, 0.3) is 5.89 Å². The van der Waals surface area contributed by atoms with Crippen LogP contribution in [0.25, 0.3) is 22.2 Å². The highest BCUT2D eigenvalue weighted by Crippen LogP contribution is 2.28. The van der Waals surface area contributed by atoms with E-state index < -0.39 is 0 Å². The Bertz CT molecular complexity index is 1040. The minimum Gasteiger partial charge on any atom is -0.334 e. The molecule has 0 spiro atoms. The SMILES string of the molecule is Cc1ccc(F)c(-c2nc(CSc3nnc(-c4cccs4)n3C)no2)c1. The van der Waals surface area contributed by atoms with E-state index in [1.807, 2.05) is 36.1 Å². The highest BCUT2D eigenvalue weighted by Gasteiger charge is 2.16. The maximum absolute atomic E-state index is 14.0. The van der Waals surface area contributed by atoms with Crippen molar-refractivity contribution in [3.05, 3.63) is 52.9 Å². The van der Waals surface area contributed by atoms with Gasteiger partial charge in [-0.1, -0.05) is 34.6 Å². The molecule has 132 valence electrons. The molecule has 0 atom stereocenters. The Kier molecular flexibility index (Phi) is 4.56. The van der Waals surface area contributed by atoms with E-state index in [-0.39, 0.29) is 11.7 Å². The van der Waals surface area contributed by atoms with Crippen LogP contribution in [-0.4, -0.2) is 24.9 Å². The van der Waals surface area contributed by atoms with E-state index in [1.54, 1.807) is 23.5 Å². The Morgan fingerprint density at radius 2 is 2.15 bits per heavy atom. The second kappa shape index (κ2) is 7.00. The first-order valence-corrected chi connectivity index (χ1v) is 9.63. The molecule has 3 aromatic heterocycles. The highest BCUT2D eigenvalue weighted by atomic mass is 32.2. The van der Waals surface area contributed by atoms with Gasteiger partial charge in [-0.25, -0.2) is 4.39 Å². The number of thiophene rings is 1. The van der Waals surface area contributed by atoms with Crippen LogP contribution < -0.4 is 0 Å². The normalized spacial score (nSPS) is 11.2. The number of aromatic nitrogens is 5. The lowest BCUT2D eigenvalue weighted by Crippen LogP contribution is -1.94. The van der Waals surface area contributed by atoms with Gasteiger partial charge >= 0.3 is 0 Å². The Balaban J connectivity index is 1.50. The largest absolute Gasteiger partial charge is 0.334 e. The van der Waals surface area contributed by atoms with Crippen LogP contribution in [0.15, 0.2) is 45.4 Å². The fraction of sp³-hybridized carbons (Fsp3) is 0.176. The predicted octanol–water partition coefficient (Wildman–Crippen LogP) is 4.33. The van der Waals surface area contributed by atoms with E-state index >= 15 is 0 Å². The summed E-state index contributed by atoms with van der Waals surface area (Å²) in [5.41, 5.74) is 1.24. The van der Waals surface area contributed by atoms with Gasteiger partial charge in [0.1, 0.15) is 5.82 Å². The van der Waals surface area contributed by atoms with Gasteiger partial charge in [0.15, 0.2) is 16.8 Å². The monoisotopic (exact) mass is 387 g/mol. The standard InChI is InChI=1S/C17H14FN5OS2/c1-10-5-6-12(18)11(8-10)16-19-14(22-24-16)9-26-17-21-20-15(23(17)2)13-4-3-7-25-13/h3-8H,9H2,1-2H3. The van der Waals surface area contributed by atoms with E-state index in [0.29, 0.717) is 17.1 Å². The van der Waals surface area contributed by atoms with Gasteiger partial charge in [-0.15, -0.1) is 21.5 Å². The van der Waals surface area contributed by atoms with Crippen molar-refractivity contribution < 1.29 is 8.91 Å². The highest BCUT2D eigenvalue weighted by molar-refractivity contribution is 7.98. The van der Waals surface area contributed by atoms with Gasteiger partial charge < -0.3 is 9.09 Å². The molecule has 0 amide bonds. The number of rotatable bonds is 5. The first-order chi connectivity index (χ1) is 12.6. The maximum atomic E-state index is 14.0. The fourth-order valence-electron chi connectivity index (χ4n) is 2.42. The summed E-state index contributed by atoms with van der Waals surface area (Å²) in [6.07, 6.45) is 0. The summed E-state index contributed by atoms with van der Waals surface area (Å²) in [5.74, 6) is 1.55. The summed E-state index contributed by atoms with van der Waals surface area (Å²) < 4.78 is 21.1. The van der Waals surface area contributed by atoms with Gasteiger partial charge in [0, 0.05) is 7.05 Å². The predicted molar refractivity (Wildman–Crippen MR) is 98.3 cm³/mol. The summed E-state index contributed by atoms with van der Waals surface area (Å²) >= 11 is 3.06. The molecular weight excluding hydrogens is 373 g/mol. The lowest BCUT2D eigenvalue weighted by Gasteiger charge is -2.00. The maximum Gasteiger partial charge on any atom is 0.260 e. The zero-order valence-corrected chi connectivity index (χ0v) is 15.6. The van der Waals surface area contributed by atoms with Gasteiger partial charge in [-0.2, -0.15) is 4.98 Å². The number of halogens is 1. The third-order valence-electron chi connectivity index (χ3n) is 3.73. The second-order valence-electron chi connectivity index (χ2n) is 5.63. The van der Waals surface area contributed by atoms with Crippen LogP contribution in [0.4, 0.5) is 4.39 Å². The van der Waals surface area contributed by atoms with Crippen molar-refractivity contribution in [1.82, 2.24) is 24.9 Å². The molecule has 0 radical (unpaired) electrons. The molecule has 0 saturated carbocycles. The third kappa shape index (κ3) is 3.27.